The summed E-state index contributed by atoms with van der Waals surface area (Å²) in [4.78, 5) is 16.2. The summed E-state index contributed by atoms with van der Waals surface area (Å²) < 4.78 is 8.68. The summed E-state index contributed by atoms with van der Waals surface area (Å²) in [5.74, 6) is 10.1. The van der Waals surface area contributed by atoms with Crippen LogP contribution < -0.4 is 4.90 Å². The van der Waals surface area contributed by atoms with Gasteiger partial charge >= 0.3 is 5.97 Å². The second kappa shape index (κ2) is 10.0. The van der Waals surface area contributed by atoms with E-state index in [-0.39, 0.29) is 17.9 Å². The summed E-state index contributed by atoms with van der Waals surface area (Å²) >= 11 is 0. The molecule has 2 aliphatic heterocycles. The van der Waals surface area contributed by atoms with Crippen LogP contribution in [0.3, 0.4) is 0 Å². The van der Waals surface area contributed by atoms with E-state index in [0.29, 0.717) is 5.56 Å². The first-order valence-electron chi connectivity index (χ1n) is 13.8. The van der Waals surface area contributed by atoms with Gasteiger partial charge in [0.05, 0.1) is 17.0 Å². The smallest absolute Gasteiger partial charge is 0.339 e. The van der Waals surface area contributed by atoms with Crippen LogP contribution in [-0.2, 0) is 10.3 Å². The molecule has 2 aliphatic rings. The fraction of sp³-hybridized carbons (Fsp3) is 0.250. The van der Waals surface area contributed by atoms with Gasteiger partial charge in [-0.3, -0.25) is 4.57 Å². The molecule has 0 fully saturated rings. The topological polar surface area (TPSA) is 34.5 Å². The predicted octanol–water partition coefficient (Wildman–Crippen LogP) is 6.60. The molecule has 0 saturated heterocycles. The van der Waals surface area contributed by atoms with Crippen LogP contribution in [0.15, 0.2) is 72.8 Å². The maximum absolute atomic E-state index is 13.7. The Balaban J connectivity index is 1.70. The first-order chi connectivity index (χ1) is 19.5. The molecule has 3 heterocycles. The standard InChI is InChI=1S/C36H30N2O2/c1-5-7-9-16-24-38-26(4)34(29-19-12-15-22-32(29)38)36(30-20-13-10-17-27(30)35(39)40-36)33-25(3)37(23-8-6-2)31-21-14-11-18-28(31)33/h1,10-15,17-22,25,33H,6,8,23H2,2-4H3. The highest BCUT2D eigenvalue weighted by Crippen LogP contribution is 2.59. The van der Waals surface area contributed by atoms with Crippen LogP contribution in [-0.4, -0.2) is 23.1 Å². The Morgan fingerprint density at radius 2 is 1.73 bits per heavy atom. The third-order valence-corrected chi connectivity index (χ3v) is 8.39. The number of carbonyl (C=O) groups excluding carboxylic acids is 1. The minimum atomic E-state index is -1.05. The van der Waals surface area contributed by atoms with E-state index in [0.717, 1.165) is 47.1 Å². The van der Waals surface area contributed by atoms with Crippen molar-refractivity contribution >= 4 is 22.6 Å². The molecule has 0 saturated carbocycles. The van der Waals surface area contributed by atoms with E-state index in [2.05, 4.69) is 91.8 Å². The van der Waals surface area contributed by atoms with Gasteiger partial charge in [0.25, 0.3) is 0 Å². The number of nitrogens with zero attached hydrogens (tertiary/aromatic N) is 2. The number of benzene rings is 3. The van der Waals surface area contributed by atoms with Gasteiger partial charge in [-0.1, -0.05) is 67.9 Å². The molecule has 0 bridgehead atoms. The first-order valence-corrected chi connectivity index (χ1v) is 13.8. The van der Waals surface area contributed by atoms with Crippen molar-refractivity contribution < 1.29 is 9.53 Å². The zero-order valence-corrected chi connectivity index (χ0v) is 23.0. The molecule has 4 heteroatoms. The fourth-order valence-electron chi connectivity index (χ4n) is 6.83. The average Bonchev–Trinajstić information content (AvgIpc) is 3.54. The monoisotopic (exact) mass is 522 g/mol. The fourth-order valence-corrected chi connectivity index (χ4v) is 6.83. The Labute approximate surface area is 236 Å². The molecule has 3 atom stereocenters. The van der Waals surface area contributed by atoms with Crippen molar-refractivity contribution in [2.75, 3.05) is 11.4 Å². The maximum Gasteiger partial charge on any atom is 0.339 e. The summed E-state index contributed by atoms with van der Waals surface area (Å²) in [6.45, 7) is 7.47. The van der Waals surface area contributed by atoms with Gasteiger partial charge in [-0.05, 0) is 55.9 Å². The number of cyclic esters (lactones) is 1. The van der Waals surface area contributed by atoms with E-state index >= 15 is 0 Å². The van der Waals surface area contributed by atoms with Gasteiger partial charge in [-0.15, -0.1) is 6.42 Å². The van der Waals surface area contributed by atoms with Crippen LogP contribution in [0, 0.1) is 43.1 Å². The highest BCUT2D eigenvalue weighted by molar-refractivity contribution is 5.98. The molecule has 0 aliphatic carbocycles. The number of esters is 1. The molecule has 4 nitrogen and oxygen atoms in total. The van der Waals surface area contributed by atoms with Crippen molar-refractivity contribution in [3.63, 3.8) is 0 Å². The summed E-state index contributed by atoms with van der Waals surface area (Å²) in [6.07, 6.45) is 7.49. The quantitative estimate of drug-likeness (QED) is 0.219. The zero-order valence-electron chi connectivity index (χ0n) is 23.0. The highest BCUT2D eigenvalue weighted by Gasteiger charge is 2.59. The summed E-state index contributed by atoms with van der Waals surface area (Å²) in [5.41, 5.74) is 5.67. The molecule has 40 heavy (non-hydrogen) atoms. The number of para-hydroxylation sites is 2. The van der Waals surface area contributed by atoms with Gasteiger partial charge in [0.2, 0.25) is 0 Å². The summed E-state index contributed by atoms with van der Waals surface area (Å²) in [6, 6.07) is 27.9. The molecule has 0 N–H and O–H groups in total. The van der Waals surface area contributed by atoms with Crippen molar-refractivity contribution in [3.8, 4) is 36.1 Å². The van der Waals surface area contributed by atoms with Crippen molar-refractivity contribution in [2.24, 2.45) is 0 Å². The Morgan fingerprint density at radius 1 is 0.975 bits per heavy atom. The molecule has 0 amide bonds. The van der Waals surface area contributed by atoms with Gasteiger partial charge in [-0.25, -0.2) is 4.79 Å². The first kappa shape index (κ1) is 25.4. The third kappa shape index (κ3) is 3.63. The number of hydrogen-bond acceptors (Lipinski definition) is 3. The van der Waals surface area contributed by atoms with E-state index in [1.165, 1.54) is 11.3 Å². The van der Waals surface area contributed by atoms with Crippen LogP contribution in [0.25, 0.3) is 10.9 Å². The van der Waals surface area contributed by atoms with Crippen molar-refractivity contribution in [3.05, 3.63) is 101 Å². The molecule has 3 aromatic carbocycles. The third-order valence-electron chi connectivity index (χ3n) is 8.39. The van der Waals surface area contributed by atoms with Crippen LogP contribution in [0.1, 0.15) is 65.3 Å². The Hall–Kier alpha value is -4.85. The normalized spacial score (nSPS) is 20.6. The number of fused-ring (bicyclic) bond motifs is 3. The van der Waals surface area contributed by atoms with Crippen molar-refractivity contribution in [1.29, 1.82) is 0 Å². The largest absolute Gasteiger partial charge is 0.445 e. The number of rotatable bonds is 5. The SMILES string of the molecule is C#CC#CC#Cn1c(C)c(C2(C3c4ccccc4N(CCCC)C3C)OC(=O)c3ccccc32)c2ccccc21. The molecule has 196 valence electrons. The average molecular weight is 523 g/mol. The minimum Gasteiger partial charge on any atom is -0.445 e. The second-order valence-corrected chi connectivity index (χ2v) is 10.4. The van der Waals surface area contributed by atoms with Crippen LogP contribution >= 0.6 is 0 Å². The maximum atomic E-state index is 13.7. The van der Waals surface area contributed by atoms with Gasteiger partial charge in [0.15, 0.2) is 5.60 Å². The lowest BCUT2D eigenvalue weighted by Crippen LogP contribution is -2.44. The lowest BCUT2D eigenvalue weighted by Gasteiger charge is -2.39. The van der Waals surface area contributed by atoms with E-state index in [4.69, 9.17) is 11.2 Å². The second-order valence-electron chi connectivity index (χ2n) is 10.4. The van der Waals surface area contributed by atoms with Gasteiger partial charge in [0, 0.05) is 58.4 Å². The Kier molecular flexibility index (Phi) is 6.38. The highest BCUT2D eigenvalue weighted by atomic mass is 16.6. The Bertz CT molecular complexity index is 1820. The molecule has 0 spiro atoms. The van der Waals surface area contributed by atoms with Crippen molar-refractivity contribution in [2.45, 2.75) is 51.2 Å². The molecule has 1 aromatic heterocycles. The number of hydrogen-bond donors (Lipinski definition) is 0. The van der Waals surface area contributed by atoms with E-state index < -0.39 is 5.60 Å². The molecule has 4 aromatic rings. The molecular weight excluding hydrogens is 492 g/mol. The number of carbonyl (C=O) groups is 1. The number of unbranched alkanes of at least 4 members (excludes halogenated alkanes) is 1. The van der Waals surface area contributed by atoms with E-state index in [9.17, 15) is 4.79 Å². The van der Waals surface area contributed by atoms with Crippen LogP contribution in [0.5, 0.6) is 0 Å². The molecular formula is C36H30N2O2. The van der Waals surface area contributed by atoms with Gasteiger partial charge in [0.1, 0.15) is 0 Å². The Morgan fingerprint density at radius 3 is 2.55 bits per heavy atom. The number of aromatic nitrogens is 1. The lowest BCUT2D eigenvalue weighted by molar-refractivity contribution is -0.00319. The van der Waals surface area contributed by atoms with Gasteiger partial charge in [-0.2, -0.15) is 0 Å². The number of anilines is 1. The van der Waals surface area contributed by atoms with Gasteiger partial charge < -0.3 is 9.64 Å². The van der Waals surface area contributed by atoms with Crippen LogP contribution in [0.2, 0.25) is 0 Å². The van der Waals surface area contributed by atoms with E-state index in [1.54, 1.807) is 0 Å². The zero-order chi connectivity index (χ0) is 27.9. The summed E-state index contributed by atoms with van der Waals surface area (Å²) in [7, 11) is 0. The lowest BCUT2D eigenvalue weighted by atomic mass is 9.70. The van der Waals surface area contributed by atoms with E-state index in [1.807, 2.05) is 41.0 Å². The number of terminal acetylenes is 1. The summed E-state index contributed by atoms with van der Waals surface area (Å²) in [5, 5.41) is 1.00. The molecule has 0 radical (unpaired) electrons. The molecule has 6 rings (SSSR count). The predicted molar refractivity (Wildman–Crippen MR) is 160 cm³/mol. The molecule has 3 unspecified atom stereocenters. The minimum absolute atomic E-state index is 0.0806. The number of ether oxygens (including phenoxy) is 1. The van der Waals surface area contributed by atoms with Crippen LogP contribution in [0.4, 0.5) is 5.69 Å². The van der Waals surface area contributed by atoms with Crippen molar-refractivity contribution in [1.82, 2.24) is 4.57 Å².